The number of halogens is 3. The highest BCUT2D eigenvalue weighted by Gasteiger charge is 2.29. The summed E-state index contributed by atoms with van der Waals surface area (Å²) in [6.07, 6.45) is -5.09. The van der Waals surface area contributed by atoms with Gasteiger partial charge in [0.1, 0.15) is 0 Å². The third-order valence-corrected chi connectivity index (χ3v) is 2.22. The summed E-state index contributed by atoms with van der Waals surface area (Å²) in [5.41, 5.74) is 1.82. The fourth-order valence-corrected chi connectivity index (χ4v) is 1.24. The van der Waals surface area contributed by atoms with Crippen LogP contribution in [0.25, 0.3) is 0 Å². The third-order valence-electron chi connectivity index (χ3n) is 2.22. The molecular formula is C13H16F3NO3. The van der Waals surface area contributed by atoms with E-state index in [0.29, 0.717) is 5.56 Å². The van der Waals surface area contributed by atoms with E-state index in [-0.39, 0.29) is 19.1 Å². The molecule has 112 valence electrons. The quantitative estimate of drug-likeness (QED) is 0.844. The van der Waals surface area contributed by atoms with Gasteiger partial charge in [0, 0.05) is 0 Å². The molecular weight excluding hydrogens is 275 g/mol. The molecule has 1 amide bonds. The summed E-state index contributed by atoms with van der Waals surface area (Å²) in [6.45, 7) is 3.98. The molecule has 1 rings (SSSR count). The van der Waals surface area contributed by atoms with Gasteiger partial charge in [-0.2, -0.15) is 18.7 Å². The predicted molar refractivity (Wildman–Crippen MR) is 65.6 cm³/mol. The van der Waals surface area contributed by atoms with Gasteiger partial charge in [0.25, 0.3) is 0 Å². The first-order valence-electron chi connectivity index (χ1n) is 5.99. The highest BCUT2D eigenvalue weighted by atomic mass is 19.4. The number of hydroxylamine groups is 1. The molecule has 0 aromatic heterocycles. The van der Waals surface area contributed by atoms with Crippen LogP contribution in [0.5, 0.6) is 0 Å². The van der Waals surface area contributed by atoms with E-state index in [1.165, 1.54) is 12.1 Å². The van der Waals surface area contributed by atoms with Gasteiger partial charge < -0.3 is 4.74 Å². The van der Waals surface area contributed by atoms with Gasteiger partial charge in [-0.15, -0.1) is 0 Å². The Balaban J connectivity index is 2.34. The number of rotatable bonds is 5. The van der Waals surface area contributed by atoms with Crippen LogP contribution >= 0.6 is 0 Å². The molecule has 0 radical (unpaired) electrons. The minimum absolute atomic E-state index is 0.0467. The zero-order chi connectivity index (χ0) is 15.2. The number of carbonyl (C=O) groups excluding carboxylic acids is 1. The average Bonchev–Trinajstić information content (AvgIpc) is 2.36. The zero-order valence-corrected chi connectivity index (χ0v) is 11.2. The molecule has 0 saturated heterocycles. The lowest BCUT2D eigenvalue weighted by Crippen LogP contribution is -2.25. The van der Waals surface area contributed by atoms with Crippen LogP contribution in [0.2, 0.25) is 0 Å². The Kier molecular flexibility index (Phi) is 5.82. The lowest BCUT2D eigenvalue weighted by atomic mass is 10.1. The molecule has 4 nitrogen and oxygen atoms in total. The van der Waals surface area contributed by atoms with E-state index in [9.17, 15) is 18.0 Å². The smallest absolute Gasteiger partial charge is 0.431 e. The summed E-state index contributed by atoms with van der Waals surface area (Å²) in [6, 6.07) is 4.47. The Hall–Kier alpha value is -1.76. The Bertz CT molecular complexity index is 429. The van der Waals surface area contributed by atoms with E-state index in [4.69, 9.17) is 9.57 Å². The van der Waals surface area contributed by atoms with Crippen LogP contribution in [-0.2, 0) is 22.4 Å². The molecule has 0 aliphatic heterocycles. The molecule has 1 aromatic rings. The summed E-state index contributed by atoms with van der Waals surface area (Å²) >= 11 is 0. The van der Waals surface area contributed by atoms with Gasteiger partial charge in [0.2, 0.25) is 0 Å². The summed E-state index contributed by atoms with van der Waals surface area (Å²) in [4.78, 5) is 15.9. The highest BCUT2D eigenvalue weighted by Crippen LogP contribution is 2.29. The van der Waals surface area contributed by atoms with Crippen LogP contribution in [0.3, 0.4) is 0 Å². The second-order valence-electron chi connectivity index (χ2n) is 4.58. The molecule has 0 fully saturated rings. The first kappa shape index (κ1) is 16.3. The van der Waals surface area contributed by atoms with E-state index < -0.39 is 17.8 Å². The summed E-state index contributed by atoms with van der Waals surface area (Å²) < 4.78 is 41.7. The van der Waals surface area contributed by atoms with Crippen LogP contribution in [0.1, 0.15) is 25.0 Å². The predicted octanol–water partition coefficient (Wildman–Crippen LogP) is 3.52. The monoisotopic (exact) mass is 291 g/mol. The van der Waals surface area contributed by atoms with Crippen molar-refractivity contribution in [1.82, 2.24) is 5.48 Å². The number of amides is 1. The Morgan fingerprint density at radius 2 is 1.85 bits per heavy atom. The SMILES string of the molecule is CC(C)COC(=O)NOCc1ccc(C(F)(F)F)cc1. The van der Waals surface area contributed by atoms with Gasteiger partial charge >= 0.3 is 12.3 Å². The number of hydrogen-bond acceptors (Lipinski definition) is 3. The van der Waals surface area contributed by atoms with Crippen molar-refractivity contribution in [2.45, 2.75) is 26.6 Å². The van der Waals surface area contributed by atoms with E-state index in [1.807, 2.05) is 19.3 Å². The van der Waals surface area contributed by atoms with Gasteiger partial charge in [-0.3, -0.25) is 4.84 Å². The lowest BCUT2D eigenvalue weighted by Gasteiger charge is -2.10. The first-order valence-corrected chi connectivity index (χ1v) is 5.99. The maximum atomic E-state index is 12.3. The van der Waals surface area contributed by atoms with Crippen molar-refractivity contribution < 1.29 is 27.5 Å². The second-order valence-corrected chi connectivity index (χ2v) is 4.58. The normalized spacial score (nSPS) is 11.5. The molecule has 1 N–H and O–H groups in total. The van der Waals surface area contributed by atoms with Crippen molar-refractivity contribution in [1.29, 1.82) is 0 Å². The van der Waals surface area contributed by atoms with E-state index in [2.05, 4.69) is 0 Å². The van der Waals surface area contributed by atoms with Gasteiger partial charge in [-0.1, -0.05) is 26.0 Å². The molecule has 0 atom stereocenters. The van der Waals surface area contributed by atoms with Crippen molar-refractivity contribution in [3.8, 4) is 0 Å². The summed E-state index contributed by atoms with van der Waals surface area (Å²) in [5, 5.41) is 0. The van der Waals surface area contributed by atoms with E-state index in [0.717, 1.165) is 12.1 Å². The average molecular weight is 291 g/mol. The minimum atomic E-state index is -4.36. The van der Waals surface area contributed by atoms with Gasteiger partial charge in [-0.05, 0) is 23.6 Å². The number of benzene rings is 1. The number of nitrogens with one attached hydrogen (secondary N) is 1. The minimum Gasteiger partial charge on any atom is -0.448 e. The maximum absolute atomic E-state index is 12.3. The topological polar surface area (TPSA) is 47.6 Å². The summed E-state index contributed by atoms with van der Waals surface area (Å²) in [5.74, 6) is 0.204. The molecule has 0 unspecified atom stereocenters. The van der Waals surface area contributed by atoms with Crippen LogP contribution in [0, 0.1) is 5.92 Å². The molecule has 20 heavy (non-hydrogen) atoms. The van der Waals surface area contributed by atoms with Crippen LogP contribution in [-0.4, -0.2) is 12.7 Å². The lowest BCUT2D eigenvalue weighted by molar-refractivity contribution is -0.137. The van der Waals surface area contributed by atoms with Crippen molar-refractivity contribution >= 4 is 6.09 Å². The van der Waals surface area contributed by atoms with Crippen molar-refractivity contribution in [3.63, 3.8) is 0 Å². The van der Waals surface area contributed by atoms with Crippen LogP contribution in [0.15, 0.2) is 24.3 Å². The number of alkyl halides is 3. The molecule has 0 heterocycles. The van der Waals surface area contributed by atoms with Crippen LogP contribution < -0.4 is 5.48 Å². The fraction of sp³-hybridized carbons (Fsp3) is 0.462. The van der Waals surface area contributed by atoms with Gasteiger partial charge in [-0.25, -0.2) is 4.79 Å². The molecule has 0 spiro atoms. The molecule has 0 bridgehead atoms. The van der Waals surface area contributed by atoms with Crippen molar-refractivity contribution in [2.24, 2.45) is 5.92 Å². The van der Waals surface area contributed by atoms with Crippen LogP contribution in [0.4, 0.5) is 18.0 Å². The largest absolute Gasteiger partial charge is 0.448 e. The van der Waals surface area contributed by atoms with Gasteiger partial charge in [0.15, 0.2) is 0 Å². The Morgan fingerprint density at radius 1 is 1.25 bits per heavy atom. The van der Waals surface area contributed by atoms with Crippen molar-refractivity contribution in [3.05, 3.63) is 35.4 Å². The molecule has 0 aliphatic rings. The Morgan fingerprint density at radius 3 is 2.35 bits per heavy atom. The summed E-state index contributed by atoms with van der Waals surface area (Å²) in [7, 11) is 0. The molecule has 7 heteroatoms. The molecule has 0 aliphatic carbocycles. The van der Waals surface area contributed by atoms with E-state index >= 15 is 0 Å². The maximum Gasteiger partial charge on any atom is 0.431 e. The standard InChI is InChI=1S/C13H16F3NO3/c1-9(2)7-19-12(18)17-20-8-10-3-5-11(6-4-10)13(14,15)16/h3-6,9H,7-8H2,1-2H3,(H,17,18). The highest BCUT2D eigenvalue weighted by molar-refractivity contribution is 5.65. The Labute approximate surface area is 114 Å². The zero-order valence-electron chi connectivity index (χ0n) is 11.2. The molecule has 0 saturated carbocycles. The number of ether oxygens (including phenoxy) is 1. The van der Waals surface area contributed by atoms with Crippen molar-refractivity contribution in [2.75, 3.05) is 6.61 Å². The third kappa shape index (κ3) is 5.92. The number of carbonyl (C=O) groups is 1. The molecule has 1 aromatic carbocycles. The number of hydrogen-bond donors (Lipinski definition) is 1. The fourth-order valence-electron chi connectivity index (χ4n) is 1.24. The first-order chi connectivity index (χ1) is 9.29. The van der Waals surface area contributed by atoms with Gasteiger partial charge in [0.05, 0.1) is 18.8 Å². The second kappa shape index (κ2) is 7.14. The van der Waals surface area contributed by atoms with E-state index in [1.54, 1.807) is 0 Å².